The van der Waals surface area contributed by atoms with Crippen LogP contribution in [-0.4, -0.2) is 59.9 Å². The topological polar surface area (TPSA) is 62.9 Å². The van der Waals surface area contributed by atoms with Crippen molar-refractivity contribution < 1.29 is 18.9 Å². The molecule has 5 heteroatoms. The van der Waals surface area contributed by atoms with Crippen LogP contribution in [0.4, 0.5) is 0 Å². The van der Waals surface area contributed by atoms with E-state index in [1.54, 1.807) is 7.11 Å². The van der Waals surface area contributed by atoms with Crippen LogP contribution >= 0.6 is 0 Å². The molecule has 0 aliphatic carbocycles. The van der Waals surface area contributed by atoms with Gasteiger partial charge in [0.25, 0.3) is 0 Å². The van der Waals surface area contributed by atoms with Crippen molar-refractivity contribution in [1.29, 1.82) is 0 Å². The smallest absolute Gasteiger partial charge is 0.0701 e. The number of hydrogen-bond donors (Lipinski definition) is 1. The monoisotopic (exact) mass is 347 g/mol. The minimum Gasteiger partial charge on any atom is -0.382 e. The van der Waals surface area contributed by atoms with Gasteiger partial charge in [-0.25, -0.2) is 0 Å². The van der Waals surface area contributed by atoms with E-state index in [9.17, 15) is 0 Å². The highest BCUT2D eigenvalue weighted by atomic mass is 16.6. The Morgan fingerprint density at radius 1 is 0.458 bits per heavy atom. The van der Waals surface area contributed by atoms with Crippen LogP contribution < -0.4 is 5.73 Å². The standard InChI is InChI=1S/C19H41NO4/c1-21-14-15-23-18-19-24-17-16-22-13-11-9-7-5-3-2-4-6-8-10-12-20/h2-20H2,1H3. The molecular weight excluding hydrogens is 306 g/mol. The Bertz CT molecular complexity index is 196. The Balaban J connectivity index is 2.93. The minimum atomic E-state index is 0.621. The summed E-state index contributed by atoms with van der Waals surface area (Å²) in [7, 11) is 1.67. The van der Waals surface area contributed by atoms with Crippen LogP contribution in [0.2, 0.25) is 0 Å². The van der Waals surface area contributed by atoms with Crippen LogP contribution in [0.25, 0.3) is 0 Å². The lowest BCUT2D eigenvalue weighted by molar-refractivity contribution is 0.00323. The summed E-state index contributed by atoms with van der Waals surface area (Å²) in [6.45, 7) is 5.54. The first-order valence-corrected chi connectivity index (χ1v) is 9.84. The van der Waals surface area contributed by atoms with E-state index in [4.69, 9.17) is 24.7 Å². The van der Waals surface area contributed by atoms with Crippen LogP contribution in [0, 0.1) is 0 Å². The molecule has 0 saturated heterocycles. The summed E-state index contributed by atoms with van der Waals surface area (Å²) in [5.41, 5.74) is 5.48. The zero-order chi connectivity index (χ0) is 17.6. The van der Waals surface area contributed by atoms with E-state index < -0.39 is 0 Å². The molecule has 0 radical (unpaired) electrons. The van der Waals surface area contributed by atoms with Crippen molar-refractivity contribution in [2.24, 2.45) is 5.73 Å². The van der Waals surface area contributed by atoms with Gasteiger partial charge in [-0.2, -0.15) is 0 Å². The summed E-state index contributed by atoms with van der Waals surface area (Å²) in [5.74, 6) is 0. The van der Waals surface area contributed by atoms with Crippen molar-refractivity contribution in [2.75, 3.05) is 59.9 Å². The molecule has 0 aromatic carbocycles. The van der Waals surface area contributed by atoms with E-state index in [1.165, 1.54) is 57.8 Å². The third-order valence-corrected chi connectivity index (χ3v) is 3.92. The molecule has 2 N–H and O–H groups in total. The number of methoxy groups -OCH3 is 1. The van der Waals surface area contributed by atoms with E-state index in [-0.39, 0.29) is 0 Å². The maximum absolute atomic E-state index is 5.57. The molecule has 146 valence electrons. The maximum atomic E-state index is 5.57. The first-order chi connectivity index (χ1) is 11.9. The van der Waals surface area contributed by atoms with Crippen molar-refractivity contribution in [2.45, 2.75) is 64.2 Å². The van der Waals surface area contributed by atoms with Gasteiger partial charge >= 0.3 is 0 Å². The third kappa shape index (κ3) is 21.8. The first kappa shape index (κ1) is 23.8. The van der Waals surface area contributed by atoms with Crippen LogP contribution in [0.15, 0.2) is 0 Å². The number of rotatable bonds is 21. The lowest BCUT2D eigenvalue weighted by atomic mass is 10.1. The molecule has 0 aliphatic heterocycles. The molecule has 5 nitrogen and oxygen atoms in total. The summed E-state index contributed by atoms with van der Waals surface area (Å²) >= 11 is 0. The number of unbranched alkanes of at least 4 members (excludes halogenated alkanes) is 9. The molecular formula is C19H41NO4. The summed E-state index contributed by atoms with van der Waals surface area (Å²) < 4.78 is 21.2. The molecule has 0 rings (SSSR count). The van der Waals surface area contributed by atoms with Crippen molar-refractivity contribution in [1.82, 2.24) is 0 Å². The highest BCUT2D eigenvalue weighted by Gasteiger charge is 1.94. The maximum Gasteiger partial charge on any atom is 0.0701 e. The molecule has 0 aromatic rings. The van der Waals surface area contributed by atoms with Gasteiger partial charge < -0.3 is 24.7 Å². The Morgan fingerprint density at radius 2 is 0.833 bits per heavy atom. The summed E-state index contributed by atoms with van der Waals surface area (Å²) in [4.78, 5) is 0. The highest BCUT2D eigenvalue weighted by Crippen LogP contribution is 2.10. The average Bonchev–Trinajstić information content (AvgIpc) is 2.60. The predicted molar refractivity (Wildman–Crippen MR) is 99.6 cm³/mol. The minimum absolute atomic E-state index is 0.621. The predicted octanol–water partition coefficient (Wildman–Crippen LogP) is 3.54. The van der Waals surface area contributed by atoms with Crippen LogP contribution in [0.3, 0.4) is 0 Å². The third-order valence-electron chi connectivity index (χ3n) is 3.92. The van der Waals surface area contributed by atoms with Gasteiger partial charge in [-0.05, 0) is 19.4 Å². The zero-order valence-electron chi connectivity index (χ0n) is 15.9. The van der Waals surface area contributed by atoms with Crippen molar-refractivity contribution in [3.8, 4) is 0 Å². The van der Waals surface area contributed by atoms with Crippen LogP contribution in [0.5, 0.6) is 0 Å². The van der Waals surface area contributed by atoms with Gasteiger partial charge in [-0.1, -0.05) is 51.4 Å². The van der Waals surface area contributed by atoms with E-state index in [2.05, 4.69) is 0 Å². The zero-order valence-corrected chi connectivity index (χ0v) is 15.9. The molecule has 0 aliphatic rings. The highest BCUT2D eigenvalue weighted by molar-refractivity contribution is 4.48. The normalized spacial score (nSPS) is 11.2. The Labute approximate surface area is 149 Å². The lowest BCUT2D eigenvalue weighted by Gasteiger charge is -2.07. The van der Waals surface area contributed by atoms with Gasteiger partial charge in [-0.3, -0.25) is 0 Å². The van der Waals surface area contributed by atoms with E-state index in [0.717, 1.165) is 19.6 Å². The van der Waals surface area contributed by atoms with E-state index >= 15 is 0 Å². The number of hydrogen-bond acceptors (Lipinski definition) is 5. The summed E-state index contributed by atoms with van der Waals surface area (Å²) in [5, 5.41) is 0. The number of nitrogens with two attached hydrogens (primary N) is 1. The summed E-state index contributed by atoms with van der Waals surface area (Å²) in [6.07, 6.45) is 13.1. The van der Waals surface area contributed by atoms with Crippen LogP contribution in [0.1, 0.15) is 64.2 Å². The number of ether oxygens (including phenoxy) is 4. The van der Waals surface area contributed by atoms with E-state index in [1.807, 2.05) is 0 Å². The average molecular weight is 348 g/mol. The van der Waals surface area contributed by atoms with Gasteiger partial charge in [-0.15, -0.1) is 0 Å². The quantitative estimate of drug-likeness (QED) is 0.322. The summed E-state index contributed by atoms with van der Waals surface area (Å²) in [6, 6.07) is 0. The Morgan fingerprint density at radius 3 is 1.29 bits per heavy atom. The van der Waals surface area contributed by atoms with Crippen molar-refractivity contribution >= 4 is 0 Å². The second-order valence-corrected chi connectivity index (χ2v) is 6.15. The van der Waals surface area contributed by atoms with E-state index in [0.29, 0.717) is 39.6 Å². The molecule has 0 aromatic heterocycles. The second kappa shape index (κ2) is 22.8. The fraction of sp³-hybridized carbons (Fsp3) is 1.00. The molecule has 24 heavy (non-hydrogen) atoms. The molecule has 0 bridgehead atoms. The van der Waals surface area contributed by atoms with Gasteiger partial charge in [0.1, 0.15) is 0 Å². The molecule has 0 fully saturated rings. The molecule has 0 heterocycles. The molecule has 0 saturated carbocycles. The fourth-order valence-electron chi connectivity index (χ4n) is 2.45. The Kier molecular flexibility index (Phi) is 22.6. The SMILES string of the molecule is COCCOCCOCCOCCCCCCCCCCCCN. The van der Waals surface area contributed by atoms with Crippen LogP contribution in [-0.2, 0) is 18.9 Å². The second-order valence-electron chi connectivity index (χ2n) is 6.15. The Hall–Kier alpha value is -0.200. The van der Waals surface area contributed by atoms with Crippen molar-refractivity contribution in [3.05, 3.63) is 0 Å². The van der Waals surface area contributed by atoms with Gasteiger partial charge in [0.15, 0.2) is 0 Å². The van der Waals surface area contributed by atoms with Crippen molar-refractivity contribution in [3.63, 3.8) is 0 Å². The first-order valence-electron chi connectivity index (χ1n) is 9.84. The molecule has 0 atom stereocenters. The fourth-order valence-corrected chi connectivity index (χ4v) is 2.45. The molecule has 0 amide bonds. The van der Waals surface area contributed by atoms with Gasteiger partial charge in [0.2, 0.25) is 0 Å². The largest absolute Gasteiger partial charge is 0.382 e. The molecule has 0 unspecified atom stereocenters. The molecule has 0 spiro atoms. The lowest BCUT2D eigenvalue weighted by Crippen LogP contribution is -2.11. The van der Waals surface area contributed by atoms with Gasteiger partial charge in [0.05, 0.1) is 39.6 Å². The van der Waals surface area contributed by atoms with Gasteiger partial charge in [0, 0.05) is 13.7 Å².